The molecule has 0 aliphatic rings. The number of hydrogen-bond acceptors (Lipinski definition) is 2. The Hall–Kier alpha value is -2.13. The summed E-state index contributed by atoms with van der Waals surface area (Å²) < 4.78 is 5.44. The monoisotopic (exact) mass is 283 g/mol. The van der Waals surface area contributed by atoms with Gasteiger partial charge < -0.3 is 10.1 Å². The minimum Gasteiger partial charge on any atom is -0.375 e. The maximum atomic E-state index is 12.1. The molecule has 0 spiro atoms. The third kappa shape index (κ3) is 4.17. The fourth-order valence-electron chi connectivity index (χ4n) is 2.18. The molecule has 110 valence electrons. The third-order valence-corrected chi connectivity index (χ3v) is 3.53. The van der Waals surface area contributed by atoms with Gasteiger partial charge in [0.15, 0.2) is 0 Å². The minimum absolute atomic E-state index is 0.0735. The number of rotatable bonds is 6. The van der Waals surface area contributed by atoms with Gasteiger partial charge in [0.1, 0.15) is 0 Å². The number of aryl methyl sites for hydroxylation is 1. The molecule has 0 saturated carbocycles. The van der Waals surface area contributed by atoms with Gasteiger partial charge in [0, 0.05) is 19.2 Å². The molecular formula is C18H21NO2. The van der Waals surface area contributed by atoms with Crippen molar-refractivity contribution in [3.63, 3.8) is 0 Å². The van der Waals surface area contributed by atoms with Gasteiger partial charge in [-0.1, -0.05) is 49.4 Å². The maximum absolute atomic E-state index is 12.1. The summed E-state index contributed by atoms with van der Waals surface area (Å²) in [5, 5.41) is 2.92. The van der Waals surface area contributed by atoms with Crippen molar-refractivity contribution in [1.82, 2.24) is 5.32 Å². The van der Waals surface area contributed by atoms with Crippen molar-refractivity contribution in [1.29, 1.82) is 0 Å². The van der Waals surface area contributed by atoms with Gasteiger partial charge in [-0.05, 0) is 29.7 Å². The van der Waals surface area contributed by atoms with E-state index in [2.05, 4.69) is 12.2 Å². The van der Waals surface area contributed by atoms with Crippen molar-refractivity contribution in [2.45, 2.75) is 19.4 Å². The van der Waals surface area contributed by atoms with Crippen molar-refractivity contribution < 1.29 is 9.53 Å². The van der Waals surface area contributed by atoms with E-state index in [9.17, 15) is 4.79 Å². The van der Waals surface area contributed by atoms with E-state index in [-0.39, 0.29) is 12.0 Å². The maximum Gasteiger partial charge on any atom is 0.251 e. The molecule has 3 heteroatoms. The molecule has 0 fully saturated rings. The predicted octanol–water partition coefficient (Wildman–Crippen LogP) is 3.37. The van der Waals surface area contributed by atoms with Crippen LogP contribution in [0.25, 0.3) is 0 Å². The first-order valence-corrected chi connectivity index (χ1v) is 7.19. The van der Waals surface area contributed by atoms with Gasteiger partial charge in [-0.2, -0.15) is 0 Å². The molecule has 0 saturated heterocycles. The average Bonchev–Trinajstić information content (AvgIpc) is 2.56. The first-order valence-electron chi connectivity index (χ1n) is 7.19. The Kier molecular flexibility index (Phi) is 5.52. The van der Waals surface area contributed by atoms with E-state index in [0.29, 0.717) is 12.1 Å². The molecule has 0 aliphatic carbocycles. The van der Waals surface area contributed by atoms with Crippen LogP contribution in [0.4, 0.5) is 0 Å². The molecule has 1 unspecified atom stereocenters. The van der Waals surface area contributed by atoms with Crippen molar-refractivity contribution in [3.05, 3.63) is 71.3 Å². The Morgan fingerprint density at radius 1 is 1.10 bits per heavy atom. The zero-order valence-electron chi connectivity index (χ0n) is 12.5. The van der Waals surface area contributed by atoms with E-state index < -0.39 is 0 Å². The number of methoxy groups -OCH3 is 1. The van der Waals surface area contributed by atoms with Crippen LogP contribution >= 0.6 is 0 Å². The van der Waals surface area contributed by atoms with Gasteiger partial charge in [0.05, 0.1) is 6.10 Å². The topological polar surface area (TPSA) is 38.3 Å². The highest BCUT2D eigenvalue weighted by Gasteiger charge is 2.12. The lowest BCUT2D eigenvalue weighted by molar-refractivity contribution is 0.0828. The molecule has 0 heterocycles. The number of carbonyl (C=O) groups is 1. The number of nitrogens with one attached hydrogen (secondary N) is 1. The smallest absolute Gasteiger partial charge is 0.251 e. The largest absolute Gasteiger partial charge is 0.375 e. The summed E-state index contributed by atoms with van der Waals surface area (Å²) in [7, 11) is 1.65. The van der Waals surface area contributed by atoms with Crippen LogP contribution in [0.5, 0.6) is 0 Å². The standard InChI is InChI=1S/C18H21NO2/c1-3-14-9-11-16(12-10-14)18(20)19-13-17(21-2)15-7-5-4-6-8-15/h4-12,17H,3,13H2,1-2H3,(H,19,20). The molecule has 0 aliphatic heterocycles. The molecule has 0 aromatic heterocycles. The second-order valence-electron chi connectivity index (χ2n) is 4.90. The predicted molar refractivity (Wildman–Crippen MR) is 84.3 cm³/mol. The normalized spacial score (nSPS) is 11.9. The van der Waals surface area contributed by atoms with E-state index in [4.69, 9.17) is 4.74 Å². The van der Waals surface area contributed by atoms with E-state index >= 15 is 0 Å². The second kappa shape index (κ2) is 7.60. The number of amides is 1. The van der Waals surface area contributed by atoms with Crippen LogP contribution in [0.15, 0.2) is 54.6 Å². The summed E-state index contributed by atoms with van der Waals surface area (Å²) in [4.78, 5) is 12.1. The lowest BCUT2D eigenvalue weighted by Crippen LogP contribution is -2.29. The lowest BCUT2D eigenvalue weighted by Gasteiger charge is -2.16. The van der Waals surface area contributed by atoms with Gasteiger partial charge in [0.2, 0.25) is 0 Å². The van der Waals surface area contributed by atoms with E-state index in [1.807, 2.05) is 54.6 Å². The van der Waals surface area contributed by atoms with Gasteiger partial charge in [-0.25, -0.2) is 0 Å². The number of ether oxygens (including phenoxy) is 1. The highest BCUT2D eigenvalue weighted by Crippen LogP contribution is 2.15. The van der Waals surface area contributed by atoms with E-state index in [1.54, 1.807) is 7.11 Å². The molecule has 0 bridgehead atoms. The lowest BCUT2D eigenvalue weighted by atomic mass is 10.1. The Labute approximate surface area is 126 Å². The van der Waals surface area contributed by atoms with E-state index in [1.165, 1.54) is 5.56 Å². The quantitative estimate of drug-likeness (QED) is 0.882. The third-order valence-electron chi connectivity index (χ3n) is 3.53. The molecule has 1 amide bonds. The molecule has 0 radical (unpaired) electrons. The minimum atomic E-state index is -0.134. The molecule has 1 atom stereocenters. The average molecular weight is 283 g/mol. The first kappa shape index (κ1) is 15.3. The number of benzene rings is 2. The molecule has 21 heavy (non-hydrogen) atoms. The molecule has 2 rings (SSSR count). The molecule has 3 nitrogen and oxygen atoms in total. The molecule has 2 aromatic carbocycles. The van der Waals surface area contributed by atoms with Gasteiger partial charge >= 0.3 is 0 Å². The van der Waals surface area contributed by atoms with Crippen LogP contribution in [0, 0.1) is 0 Å². The van der Waals surface area contributed by atoms with Gasteiger partial charge in [-0.3, -0.25) is 4.79 Å². The Morgan fingerprint density at radius 2 is 1.76 bits per heavy atom. The van der Waals surface area contributed by atoms with Crippen LogP contribution < -0.4 is 5.32 Å². The second-order valence-corrected chi connectivity index (χ2v) is 4.90. The van der Waals surface area contributed by atoms with Crippen LogP contribution in [-0.4, -0.2) is 19.6 Å². The summed E-state index contributed by atoms with van der Waals surface area (Å²) in [6, 6.07) is 17.6. The van der Waals surface area contributed by atoms with Crippen LogP contribution in [0.3, 0.4) is 0 Å². The summed E-state index contributed by atoms with van der Waals surface area (Å²) in [5.74, 6) is -0.0735. The first-order chi connectivity index (χ1) is 10.2. The molecule has 2 aromatic rings. The SMILES string of the molecule is CCc1ccc(C(=O)NCC(OC)c2ccccc2)cc1. The fraction of sp³-hybridized carbons (Fsp3) is 0.278. The van der Waals surface area contributed by atoms with Gasteiger partial charge in [0.25, 0.3) is 5.91 Å². The van der Waals surface area contributed by atoms with Crippen molar-refractivity contribution in [3.8, 4) is 0 Å². The van der Waals surface area contributed by atoms with Crippen molar-refractivity contribution in [2.75, 3.05) is 13.7 Å². The van der Waals surface area contributed by atoms with Crippen LogP contribution in [0.1, 0.15) is 34.5 Å². The Balaban J connectivity index is 1.96. The zero-order valence-corrected chi connectivity index (χ0v) is 12.5. The van der Waals surface area contributed by atoms with Crippen LogP contribution in [0.2, 0.25) is 0 Å². The zero-order chi connectivity index (χ0) is 15.1. The molecular weight excluding hydrogens is 262 g/mol. The molecule has 1 N–H and O–H groups in total. The van der Waals surface area contributed by atoms with Crippen molar-refractivity contribution in [2.24, 2.45) is 0 Å². The number of carbonyl (C=O) groups excluding carboxylic acids is 1. The number of hydrogen-bond donors (Lipinski definition) is 1. The van der Waals surface area contributed by atoms with Gasteiger partial charge in [-0.15, -0.1) is 0 Å². The summed E-state index contributed by atoms with van der Waals surface area (Å²) >= 11 is 0. The van der Waals surface area contributed by atoms with Crippen molar-refractivity contribution >= 4 is 5.91 Å². The summed E-state index contributed by atoms with van der Waals surface area (Å²) in [5.41, 5.74) is 2.96. The highest BCUT2D eigenvalue weighted by atomic mass is 16.5. The van der Waals surface area contributed by atoms with E-state index in [0.717, 1.165) is 12.0 Å². The Morgan fingerprint density at radius 3 is 2.33 bits per heavy atom. The fourth-order valence-corrected chi connectivity index (χ4v) is 2.18. The summed E-state index contributed by atoms with van der Waals surface area (Å²) in [6.07, 6.45) is 0.840. The summed E-state index contributed by atoms with van der Waals surface area (Å²) in [6.45, 7) is 2.55. The van der Waals surface area contributed by atoms with Crippen LogP contribution in [-0.2, 0) is 11.2 Å². The Bertz CT molecular complexity index is 564. The highest BCUT2D eigenvalue weighted by molar-refractivity contribution is 5.94.